The van der Waals surface area contributed by atoms with E-state index in [9.17, 15) is 19.8 Å². The van der Waals surface area contributed by atoms with E-state index in [2.05, 4.69) is 0 Å². The number of aliphatic hydroxyl groups is 1. The zero-order valence-electron chi connectivity index (χ0n) is 17.2. The molecule has 29 heavy (non-hydrogen) atoms. The summed E-state index contributed by atoms with van der Waals surface area (Å²) in [5.41, 5.74) is 1.20. The highest BCUT2D eigenvalue weighted by molar-refractivity contribution is 5.85. The highest BCUT2D eigenvalue weighted by Crippen LogP contribution is 2.40. The van der Waals surface area contributed by atoms with Crippen molar-refractivity contribution < 1.29 is 19.4 Å². The predicted molar refractivity (Wildman–Crippen MR) is 110 cm³/mol. The van der Waals surface area contributed by atoms with Crippen molar-refractivity contribution in [3.8, 4) is 5.75 Å². The highest BCUT2D eigenvalue weighted by atomic mass is 16.4. The zero-order chi connectivity index (χ0) is 20.8. The van der Waals surface area contributed by atoms with Gasteiger partial charge in [-0.25, -0.2) is 4.79 Å². The zero-order valence-corrected chi connectivity index (χ0v) is 17.2. The molecular weight excluding hydrogens is 370 g/mol. The number of rotatable bonds is 3. The van der Waals surface area contributed by atoms with E-state index in [1.54, 1.807) is 19.1 Å². The molecule has 0 unspecified atom stereocenters. The number of aromatic hydroxyl groups is 1. The molecule has 1 saturated heterocycles. The summed E-state index contributed by atoms with van der Waals surface area (Å²) in [5, 5.41) is 21.4. The first-order valence-corrected chi connectivity index (χ1v) is 10.5. The van der Waals surface area contributed by atoms with Gasteiger partial charge in [0, 0.05) is 41.9 Å². The van der Waals surface area contributed by atoms with E-state index >= 15 is 0 Å². The van der Waals surface area contributed by atoms with Gasteiger partial charge >= 0.3 is 5.63 Å². The monoisotopic (exact) mass is 399 g/mol. The van der Waals surface area contributed by atoms with Crippen molar-refractivity contribution in [2.75, 3.05) is 13.1 Å². The van der Waals surface area contributed by atoms with Crippen molar-refractivity contribution in [2.45, 2.75) is 64.4 Å². The lowest BCUT2D eigenvalue weighted by atomic mass is 9.71. The van der Waals surface area contributed by atoms with Gasteiger partial charge in [0.15, 0.2) is 0 Å². The molecule has 2 aromatic rings. The number of aryl methyl sites for hydroxylation is 2. The van der Waals surface area contributed by atoms with E-state index in [1.165, 1.54) is 0 Å². The number of hydrogen-bond acceptors (Lipinski definition) is 5. The molecule has 1 aliphatic carbocycles. The lowest BCUT2D eigenvalue weighted by Gasteiger charge is -2.47. The maximum atomic E-state index is 12.8. The molecule has 6 nitrogen and oxygen atoms in total. The number of hydrogen-bond donors (Lipinski definition) is 2. The first-order valence-electron chi connectivity index (χ1n) is 10.5. The number of phenols is 1. The lowest BCUT2D eigenvalue weighted by molar-refractivity contribution is -0.143. The fraction of sp³-hybridized carbons (Fsp3) is 0.565. The normalized spacial score (nSPS) is 24.5. The molecule has 2 fully saturated rings. The van der Waals surface area contributed by atoms with Crippen LogP contribution < -0.4 is 5.63 Å². The Bertz CT molecular complexity index is 1010. The standard InChI is InChI=1S/C23H29NO5/c1-14-17-6-8-19(25)15(2)21(17)29-22(27)18(14)7-9-20(26)24-12-11-23(28)10-4-3-5-16(23)13-24/h6,8,16,25,28H,3-5,7,9-13H2,1-2H3/t16-,23+/m0/s1. The van der Waals surface area contributed by atoms with Gasteiger partial charge < -0.3 is 19.5 Å². The number of carbonyl (C=O) groups excluding carboxylic acids is 1. The predicted octanol–water partition coefficient (Wildman–Crippen LogP) is 3.20. The number of carbonyl (C=O) groups is 1. The van der Waals surface area contributed by atoms with E-state index < -0.39 is 11.2 Å². The summed E-state index contributed by atoms with van der Waals surface area (Å²) in [7, 11) is 0. The fourth-order valence-electron chi connectivity index (χ4n) is 5.06. The third kappa shape index (κ3) is 3.54. The molecule has 2 atom stereocenters. The van der Waals surface area contributed by atoms with Crippen LogP contribution in [0.15, 0.2) is 21.3 Å². The maximum absolute atomic E-state index is 12.8. The summed E-state index contributed by atoms with van der Waals surface area (Å²) in [4.78, 5) is 27.2. The molecule has 2 N–H and O–H groups in total. The van der Waals surface area contributed by atoms with E-state index in [0.29, 0.717) is 42.6 Å². The Morgan fingerprint density at radius 2 is 2.03 bits per heavy atom. The minimum absolute atomic E-state index is 0.0263. The molecule has 2 aliphatic rings. The number of amides is 1. The van der Waals surface area contributed by atoms with Crippen molar-refractivity contribution in [1.29, 1.82) is 0 Å². The van der Waals surface area contributed by atoms with Crippen LogP contribution in [0.4, 0.5) is 0 Å². The molecule has 0 spiro atoms. The summed E-state index contributed by atoms with van der Waals surface area (Å²) < 4.78 is 5.47. The molecule has 4 rings (SSSR count). The Kier molecular flexibility index (Phi) is 5.15. The minimum Gasteiger partial charge on any atom is -0.508 e. The number of fused-ring (bicyclic) bond motifs is 2. The van der Waals surface area contributed by atoms with Crippen molar-refractivity contribution in [3.05, 3.63) is 39.2 Å². The molecule has 0 radical (unpaired) electrons. The second-order valence-corrected chi connectivity index (χ2v) is 8.72. The smallest absolute Gasteiger partial charge is 0.339 e. The van der Waals surface area contributed by atoms with Crippen LogP contribution in [0.3, 0.4) is 0 Å². The molecule has 2 heterocycles. The van der Waals surface area contributed by atoms with Gasteiger partial charge in [-0.1, -0.05) is 12.8 Å². The van der Waals surface area contributed by atoms with E-state index in [4.69, 9.17) is 4.42 Å². The van der Waals surface area contributed by atoms with Crippen molar-refractivity contribution in [3.63, 3.8) is 0 Å². The Morgan fingerprint density at radius 1 is 1.24 bits per heavy atom. The van der Waals surface area contributed by atoms with Crippen LogP contribution in [0, 0.1) is 19.8 Å². The molecule has 0 bridgehead atoms. The van der Waals surface area contributed by atoms with Gasteiger partial charge in [-0.15, -0.1) is 0 Å². The van der Waals surface area contributed by atoms with Crippen molar-refractivity contribution >= 4 is 16.9 Å². The van der Waals surface area contributed by atoms with Gasteiger partial charge in [-0.2, -0.15) is 0 Å². The van der Waals surface area contributed by atoms with Gasteiger partial charge in [0.05, 0.1) is 5.60 Å². The number of phenolic OH excluding ortho intramolecular Hbond substituents is 1. The summed E-state index contributed by atoms with van der Waals surface area (Å²) in [5.74, 6) is 0.284. The lowest BCUT2D eigenvalue weighted by Crippen LogP contribution is -2.54. The van der Waals surface area contributed by atoms with Crippen LogP contribution in [0.2, 0.25) is 0 Å². The summed E-state index contributed by atoms with van der Waals surface area (Å²) in [6.07, 6.45) is 5.21. The van der Waals surface area contributed by atoms with Crippen molar-refractivity contribution in [2.24, 2.45) is 5.92 Å². The van der Waals surface area contributed by atoms with Gasteiger partial charge in [0.25, 0.3) is 0 Å². The van der Waals surface area contributed by atoms with Crippen LogP contribution in [0.25, 0.3) is 11.0 Å². The van der Waals surface area contributed by atoms with Crippen LogP contribution >= 0.6 is 0 Å². The van der Waals surface area contributed by atoms with E-state index in [-0.39, 0.29) is 24.0 Å². The average molecular weight is 399 g/mol. The number of benzene rings is 1. The molecule has 1 saturated carbocycles. The first kappa shape index (κ1) is 20.0. The van der Waals surface area contributed by atoms with Gasteiger partial charge in [-0.3, -0.25) is 4.79 Å². The summed E-state index contributed by atoms with van der Waals surface area (Å²) >= 11 is 0. The SMILES string of the molecule is Cc1c(CCC(=O)N2CC[C@]3(O)CCCC[C@H]3C2)c(=O)oc2c(C)c(O)ccc12. The second-order valence-electron chi connectivity index (χ2n) is 8.72. The first-order chi connectivity index (χ1) is 13.8. The van der Waals surface area contributed by atoms with Crippen LogP contribution in [0.1, 0.15) is 55.2 Å². The molecule has 1 aromatic carbocycles. The number of likely N-dealkylation sites (tertiary alicyclic amines) is 1. The van der Waals surface area contributed by atoms with E-state index in [0.717, 1.165) is 36.6 Å². The number of piperidine rings is 1. The molecule has 1 aliphatic heterocycles. The topological polar surface area (TPSA) is 91.0 Å². The quantitative estimate of drug-likeness (QED) is 0.774. The summed E-state index contributed by atoms with van der Waals surface area (Å²) in [6.45, 7) is 4.76. The molecule has 156 valence electrons. The Hall–Kier alpha value is -2.34. The Balaban J connectivity index is 1.49. The molecule has 1 aromatic heterocycles. The molecule has 1 amide bonds. The second kappa shape index (κ2) is 7.48. The van der Waals surface area contributed by atoms with Crippen LogP contribution in [-0.2, 0) is 11.2 Å². The largest absolute Gasteiger partial charge is 0.508 e. The minimum atomic E-state index is -0.603. The van der Waals surface area contributed by atoms with E-state index in [1.807, 2.05) is 11.8 Å². The third-order valence-electron chi connectivity index (χ3n) is 7.04. The average Bonchev–Trinajstić information content (AvgIpc) is 2.70. The third-order valence-corrected chi connectivity index (χ3v) is 7.04. The van der Waals surface area contributed by atoms with Crippen LogP contribution in [0.5, 0.6) is 5.75 Å². The number of nitrogens with zero attached hydrogens (tertiary/aromatic N) is 1. The van der Waals surface area contributed by atoms with Crippen molar-refractivity contribution in [1.82, 2.24) is 4.90 Å². The summed E-state index contributed by atoms with van der Waals surface area (Å²) in [6, 6.07) is 3.34. The van der Waals surface area contributed by atoms with Gasteiger partial charge in [0.2, 0.25) is 5.91 Å². The molecule has 6 heteroatoms. The van der Waals surface area contributed by atoms with Crippen LogP contribution in [-0.4, -0.2) is 39.7 Å². The maximum Gasteiger partial charge on any atom is 0.339 e. The Labute approximate surface area is 170 Å². The van der Waals surface area contributed by atoms with Gasteiger partial charge in [-0.05, 0) is 57.2 Å². The van der Waals surface area contributed by atoms with Gasteiger partial charge in [0.1, 0.15) is 11.3 Å². The highest BCUT2D eigenvalue weighted by Gasteiger charge is 2.43. The fourth-order valence-corrected chi connectivity index (χ4v) is 5.06. The molecular formula is C23H29NO5. The Morgan fingerprint density at radius 3 is 2.83 bits per heavy atom.